The Labute approximate surface area is 55.5 Å². The summed E-state index contributed by atoms with van der Waals surface area (Å²) in [5, 5.41) is 0. The molecule has 4 heteroatoms. The van der Waals surface area contributed by atoms with E-state index >= 15 is 0 Å². The zero-order chi connectivity index (χ0) is 0. The van der Waals surface area contributed by atoms with Crippen molar-refractivity contribution in [2.45, 2.75) is 0 Å². The second-order valence-electron chi connectivity index (χ2n) is 0. The average molecular weight is 144 g/mol. The molecule has 11 valence electrons. The Morgan fingerprint density at radius 3 is 1.00 bits per heavy atom. The Hall–Kier alpha value is 1.42. The summed E-state index contributed by atoms with van der Waals surface area (Å²) in [5.74, 6) is 0. The summed E-state index contributed by atoms with van der Waals surface area (Å²) in [6.07, 6.45) is 0. The maximum absolute atomic E-state index is 0. The molecule has 0 unspecified atom stereocenters. The van der Waals surface area contributed by atoms with E-state index in [9.17, 15) is 0 Å². The van der Waals surface area contributed by atoms with Gasteiger partial charge in [-0.1, -0.05) is 0 Å². The zero-order valence-electron chi connectivity index (χ0n) is 1.82. The summed E-state index contributed by atoms with van der Waals surface area (Å²) in [4.78, 5) is 0. The van der Waals surface area contributed by atoms with E-state index in [0.717, 1.165) is 0 Å². The van der Waals surface area contributed by atoms with E-state index in [1.54, 1.807) is 0 Å². The maximum atomic E-state index is 0. The number of hydrogen-bond acceptors (Lipinski definition) is 0. The van der Waals surface area contributed by atoms with Crippen molar-refractivity contribution in [3.63, 3.8) is 0 Å². The third-order valence-corrected chi connectivity index (χ3v) is 0. The second-order valence-corrected chi connectivity index (χ2v) is 0. The largest absolute Gasteiger partial charge is 4.00 e. The van der Waals surface area contributed by atoms with Gasteiger partial charge in [0.2, 0.25) is 0 Å². The van der Waals surface area contributed by atoms with Gasteiger partial charge in [-0.15, -0.1) is 0 Å². The van der Waals surface area contributed by atoms with Crippen molar-refractivity contribution in [1.82, 2.24) is 0 Å². The monoisotopic (exact) mass is 144 g/mol. The Bertz CT molecular complexity index is 8.00. The van der Waals surface area contributed by atoms with Crippen LogP contribution in [-0.4, -0.2) is 11.0 Å². The molecule has 0 aliphatic heterocycles. The first-order valence-corrected chi connectivity index (χ1v) is 0. The molecule has 1 nitrogen and oxygen atoms in total. The molecule has 0 aromatic rings. The van der Waals surface area contributed by atoms with Gasteiger partial charge in [0.05, 0.1) is 0 Å². The molecule has 0 saturated carbocycles. The fourth-order valence-electron chi connectivity index (χ4n) is 0. The smallest absolute Gasteiger partial charge is 2.00 e. The number of hydrogen-bond donors (Lipinski definition) is 0. The fraction of sp³-hybridized carbons (Fsp3) is 0. The third kappa shape index (κ3) is 9.92. The van der Waals surface area contributed by atoms with E-state index in [1.807, 2.05) is 0 Å². The van der Waals surface area contributed by atoms with Crippen molar-refractivity contribution < 1.29 is 44.6 Å². The van der Waals surface area contributed by atoms with Crippen LogP contribution in [0.4, 0.5) is 0 Å². The molecule has 0 heterocycles. The summed E-state index contributed by atoms with van der Waals surface area (Å²) < 4.78 is 0. The van der Waals surface area contributed by atoms with Crippen LogP contribution >= 0.6 is 0 Å². The molecule has 0 aliphatic carbocycles. The van der Waals surface area contributed by atoms with Crippen LogP contribution in [0.3, 0.4) is 0 Å². The zero-order valence-corrected chi connectivity index (χ0v) is 5.65. The van der Waals surface area contributed by atoms with E-state index < -0.39 is 0 Å². The van der Waals surface area contributed by atoms with Crippen molar-refractivity contribution in [2.75, 3.05) is 0 Å². The molecule has 0 saturated heterocycles. The van der Waals surface area contributed by atoms with Gasteiger partial charge in [0.1, 0.15) is 0 Å². The molecule has 0 rings (SSSR count). The first kappa shape index (κ1) is 52.4. The van der Waals surface area contributed by atoms with Crippen LogP contribution in [0.15, 0.2) is 0 Å². The molecule has 0 amide bonds. The minimum Gasteiger partial charge on any atom is -2.00 e. The SMILES string of the molecule is [Cr+3].[O-2].[Si+4].[Ti+4]. The maximum Gasteiger partial charge on any atom is 4.00 e. The van der Waals surface area contributed by atoms with E-state index in [1.165, 1.54) is 0 Å². The molecule has 1 radical (unpaired) electrons. The number of rotatable bonds is 0. The van der Waals surface area contributed by atoms with Crippen molar-refractivity contribution in [1.29, 1.82) is 0 Å². The van der Waals surface area contributed by atoms with E-state index in [0.29, 0.717) is 0 Å². The average Bonchev–Trinajstić information content (AvgIpc) is 0. The van der Waals surface area contributed by atoms with Gasteiger partial charge in [-0.05, 0) is 0 Å². The second kappa shape index (κ2) is 25.6. The first-order chi connectivity index (χ1) is 0. The minimum atomic E-state index is 0. The summed E-state index contributed by atoms with van der Waals surface area (Å²) in [5.41, 5.74) is 0. The molecular weight excluding hydrogens is 144 g/mol. The quantitative estimate of drug-likeness (QED) is 0.410. The topological polar surface area (TPSA) is 28.5 Å². The summed E-state index contributed by atoms with van der Waals surface area (Å²) in [6, 6.07) is 0. The van der Waals surface area contributed by atoms with Gasteiger partial charge >= 0.3 is 50.0 Å². The van der Waals surface area contributed by atoms with Crippen LogP contribution in [0.25, 0.3) is 0 Å². The van der Waals surface area contributed by atoms with Crippen LogP contribution in [0.2, 0.25) is 0 Å². The molecule has 0 N–H and O–H groups in total. The molecule has 0 aromatic heterocycles. The third-order valence-electron chi connectivity index (χ3n) is 0. The summed E-state index contributed by atoms with van der Waals surface area (Å²) in [6.45, 7) is 0. The normalized spacial score (nSPS) is 0. The van der Waals surface area contributed by atoms with E-state index in [-0.39, 0.29) is 55.5 Å². The summed E-state index contributed by atoms with van der Waals surface area (Å²) >= 11 is 0. The van der Waals surface area contributed by atoms with E-state index in [4.69, 9.17) is 0 Å². The van der Waals surface area contributed by atoms with Crippen LogP contribution in [0.1, 0.15) is 0 Å². The minimum absolute atomic E-state index is 0. The molecule has 0 aromatic carbocycles. The van der Waals surface area contributed by atoms with Gasteiger partial charge in [0.15, 0.2) is 0 Å². The predicted molar refractivity (Wildman–Crippen MR) is 6.44 cm³/mol. The molecule has 4 heavy (non-hydrogen) atoms. The van der Waals surface area contributed by atoms with Crippen LogP contribution in [-0.2, 0) is 44.6 Å². The Balaban J connectivity index is 0. The Kier molecular flexibility index (Phi) is 335. The van der Waals surface area contributed by atoms with Gasteiger partial charge in [0, 0.05) is 0 Å². The van der Waals surface area contributed by atoms with Crippen LogP contribution in [0.5, 0.6) is 0 Å². The van der Waals surface area contributed by atoms with Crippen molar-refractivity contribution in [2.24, 2.45) is 0 Å². The summed E-state index contributed by atoms with van der Waals surface area (Å²) in [7, 11) is 0. The van der Waals surface area contributed by atoms with Crippen LogP contribution in [0, 0.1) is 0 Å². The van der Waals surface area contributed by atoms with Crippen molar-refractivity contribution >= 4 is 11.0 Å². The molecule has 0 aliphatic rings. The fourth-order valence-corrected chi connectivity index (χ4v) is 0. The molecule has 0 atom stereocenters. The van der Waals surface area contributed by atoms with Crippen molar-refractivity contribution in [3.8, 4) is 0 Å². The van der Waals surface area contributed by atoms with Crippen LogP contribution < -0.4 is 0 Å². The van der Waals surface area contributed by atoms with Gasteiger partial charge in [0.25, 0.3) is 0 Å². The molecule has 0 spiro atoms. The van der Waals surface area contributed by atoms with Crippen molar-refractivity contribution in [3.05, 3.63) is 0 Å². The Morgan fingerprint density at radius 2 is 1.00 bits per heavy atom. The molecule has 0 fully saturated rings. The van der Waals surface area contributed by atoms with Gasteiger partial charge in [-0.25, -0.2) is 0 Å². The van der Waals surface area contributed by atoms with Gasteiger partial charge < -0.3 is 5.48 Å². The first-order valence-electron chi connectivity index (χ1n) is 0. The standard InChI is InChI=1S/Cr.O.Si.Ti/q+3;-2;2*+4. The van der Waals surface area contributed by atoms with E-state index in [2.05, 4.69) is 0 Å². The molecule has 0 bridgehead atoms. The molecular formula is CrOSiTi+9. The predicted octanol–water partition coefficient (Wildman–Crippen LogP) is -0.505. The Morgan fingerprint density at radius 1 is 1.00 bits per heavy atom. The van der Waals surface area contributed by atoms with Gasteiger partial charge in [-0.2, -0.15) is 0 Å². The van der Waals surface area contributed by atoms with Gasteiger partial charge in [-0.3, -0.25) is 0 Å².